The standard InChI is InChI=1S/C14H14N2O3S2/c1-10-2-5-14(20-10)21(17,18)16-7-6-11-3-4-13-12(8-11)15-9-19-13/h2-5,8-9,16H,6-7H2,1H3. The Morgan fingerprint density at radius 1 is 1.29 bits per heavy atom. The van der Waals surface area contributed by atoms with Gasteiger partial charge in [0.1, 0.15) is 9.73 Å². The summed E-state index contributed by atoms with van der Waals surface area (Å²) in [5.74, 6) is 0. The molecule has 0 saturated carbocycles. The fraction of sp³-hybridized carbons (Fsp3) is 0.214. The lowest BCUT2D eigenvalue weighted by atomic mass is 10.1. The van der Waals surface area contributed by atoms with Crippen LogP contribution in [0.1, 0.15) is 10.4 Å². The van der Waals surface area contributed by atoms with Gasteiger partial charge >= 0.3 is 0 Å². The highest BCUT2D eigenvalue weighted by atomic mass is 32.2. The third-order valence-corrected chi connectivity index (χ3v) is 6.03. The predicted octanol–water partition coefficient (Wildman–Crippen LogP) is 2.72. The van der Waals surface area contributed by atoms with Crippen molar-refractivity contribution in [2.75, 3.05) is 6.54 Å². The van der Waals surface area contributed by atoms with Crippen molar-refractivity contribution in [3.05, 3.63) is 47.2 Å². The number of nitrogens with one attached hydrogen (secondary N) is 1. The number of rotatable bonds is 5. The Morgan fingerprint density at radius 3 is 2.90 bits per heavy atom. The Balaban J connectivity index is 1.65. The van der Waals surface area contributed by atoms with Crippen LogP contribution in [-0.4, -0.2) is 19.9 Å². The van der Waals surface area contributed by atoms with Gasteiger partial charge in [0.2, 0.25) is 10.0 Å². The molecule has 0 radical (unpaired) electrons. The van der Waals surface area contributed by atoms with Crippen LogP contribution in [0.2, 0.25) is 0 Å². The number of sulfonamides is 1. The summed E-state index contributed by atoms with van der Waals surface area (Å²) in [6.07, 6.45) is 2.00. The zero-order valence-corrected chi connectivity index (χ0v) is 13.0. The van der Waals surface area contributed by atoms with E-state index in [-0.39, 0.29) is 0 Å². The van der Waals surface area contributed by atoms with E-state index < -0.39 is 10.0 Å². The van der Waals surface area contributed by atoms with Gasteiger partial charge in [-0.3, -0.25) is 0 Å². The molecule has 1 aromatic carbocycles. The molecule has 5 nitrogen and oxygen atoms in total. The molecule has 0 aliphatic heterocycles. The molecule has 1 N–H and O–H groups in total. The largest absolute Gasteiger partial charge is 0.443 e. The summed E-state index contributed by atoms with van der Waals surface area (Å²) in [6, 6.07) is 9.09. The highest BCUT2D eigenvalue weighted by molar-refractivity contribution is 7.91. The van der Waals surface area contributed by atoms with Gasteiger partial charge in [0.25, 0.3) is 0 Å². The summed E-state index contributed by atoms with van der Waals surface area (Å²) in [5, 5.41) is 0. The molecule has 7 heteroatoms. The molecule has 0 aliphatic rings. The van der Waals surface area contributed by atoms with E-state index in [2.05, 4.69) is 9.71 Å². The van der Waals surface area contributed by atoms with Crippen molar-refractivity contribution >= 4 is 32.5 Å². The van der Waals surface area contributed by atoms with Crippen LogP contribution in [0.4, 0.5) is 0 Å². The second kappa shape index (κ2) is 5.59. The molecule has 0 unspecified atom stereocenters. The molecule has 0 atom stereocenters. The molecular formula is C14H14N2O3S2. The van der Waals surface area contributed by atoms with Crippen molar-refractivity contribution in [1.29, 1.82) is 0 Å². The number of benzene rings is 1. The van der Waals surface area contributed by atoms with Crippen LogP contribution >= 0.6 is 11.3 Å². The third-order valence-electron chi connectivity index (χ3n) is 3.08. The average Bonchev–Trinajstić information content (AvgIpc) is 3.06. The topological polar surface area (TPSA) is 72.2 Å². The number of aromatic nitrogens is 1. The Labute approximate surface area is 126 Å². The van der Waals surface area contributed by atoms with E-state index in [9.17, 15) is 8.42 Å². The van der Waals surface area contributed by atoms with E-state index in [0.29, 0.717) is 17.2 Å². The minimum atomic E-state index is -3.41. The minimum absolute atomic E-state index is 0.350. The molecule has 0 aliphatic carbocycles. The first-order valence-corrected chi connectivity index (χ1v) is 8.73. The summed E-state index contributed by atoms with van der Waals surface area (Å²) >= 11 is 1.27. The van der Waals surface area contributed by atoms with Crippen LogP contribution < -0.4 is 4.72 Å². The first kappa shape index (κ1) is 14.2. The fourth-order valence-corrected chi connectivity index (χ4v) is 4.38. The number of aryl methyl sites for hydroxylation is 1. The first-order chi connectivity index (χ1) is 10.0. The number of hydrogen-bond donors (Lipinski definition) is 1. The van der Waals surface area contributed by atoms with Gasteiger partial charge in [-0.1, -0.05) is 6.07 Å². The summed E-state index contributed by atoms with van der Waals surface area (Å²) in [4.78, 5) is 5.06. The molecular weight excluding hydrogens is 308 g/mol. The number of nitrogens with zero attached hydrogens (tertiary/aromatic N) is 1. The van der Waals surface area contributed by atoms with Gasteiger partial charge in [0.05, 0.1) is 0 Å². The van der Waals surface area contributed by atoms with Crippen molar-refractivity contribution in [3.8, 4) is 0 Å². The summed E-state index contributed by atoms with van der Waals surface area (Å²) < 4.78 is 32.3. The Morgan fingerprint density at radius 2 is 2.14 bits per heavy atom. The van der Waals surface area contributed by atoms with E-state index in [1.54, 1.807) is 12.1 Å². The lowest BCUT2D eigenvalue weighted by molar-refractivity contribution is 0.583. The van der Waals surface area contributed by atoms with Gasteiger partial charge in [-0.2, -0.15) is 0 Å². The van der Waals surface area contributed by atoms with E-state index in [0.717, 1.165) is 21.5 Å². The summed E-state index contributed by atoms with van der Waals surface area (Å²) in [6.45, 7) is 2.24. The van der Waals surface area contributed by atoms with E-state index in [1.165, 1.54) is 17.7 Å². The maximum absolute atomic E-state index is 12.1. The average molecular weight is 322 g/mol. The third kappa shape index (κ3) is 3.15. The molecule has 0 amide bonds. The van der Waals surface area contributed by atoms with E-state index in [1.807, 2.05) is 25.1 Å². The molecule has 0 bridgehead atoms. The zero-order valence-electron chi connectivity index (χ0n) is 11.4. The second-order valence-corrected chi connectivity index (χ2v) is 7.95. The molecule has 3 aromatic rings. The monoisotopic (exact) mass is 322 g/mol. The van der Waals surface area contributed by atoms with E-state index >= 15 is 0 Å². The van der Waals surface area contributed by atoms with Gasteiger partial charge in [0, 0.05) is 11.4 Å². The van der Waals surface area contributed by atoms with Crippen molar-refractivity contribution in [2.24, 2.45) is 0 Å². The van der Waals surface area contributed by atoms with E-state index in [4.69, 9.17) is 4.42 Å². The second-order valence-electron chi connectivity index (χ2n) is 4.67. The van der Waals surface area contributed by atoms with Crippen LogP contribution in [0.15, 0.2) is 45.4 Å². The van der Waals surface area contributed by atoms with Crippen LogP contribution in [0.25, 0.3) is 11.1 Å². The highest BCUT2D eigenvalue weighted by Crippen LogP contribution is 2.20. The molecule has 3 rings (SSSR count). The smallest absolute Gasteiger partial charge is 0.250 e. The molecule has 110 valence electrons. The number of hydrogen-bond acceptors (Lipinski definition) is 5. The SMILES string of the molecule is Cc1ccc(S(=O)(=O)NCCc2ccc3ocnc3c2)s1. The van der Waals surface area contributed by atoms with Gasteiger partial charge in [-0.25, -0.2) is 18.1 Å². The Kier molecular flexibility index (Phi) is 3.79. The van der Waals surface area contributed by atoms with Crippen molar-refractivity contribution in [2.45, 2.75) is 17.6 Å². The normalized spacial score (nSPS) is 12.0. The molecule has 2 heterocycles. The lowest BCUT2D eigenvalue weighted by Gasteiger charge is -2.05. The minimum Gasteiger partial charge on any atom is -0.443 e. The quantitative estimate of drug-likeness (QED) is 0.784. The summed E-state index contributed by atoms with van der Waals surface area (Å²) in [5.41, 5.74) is 2.53. The first-order valence-electron chi connectivity index (χ1n) is 6.43. The molecule has 21 heavy (non-hydrogen) atoms. The van der Waals surface area contributed by atoms with Crippen molar-refractivity contribution < 1.29 is 12.8 Å². The maximum Gasteiger partial charge on any atom is 0.250 e. The van der Waals surface area contributed by atoms with Gasteiger partial charge in [-0.15, -0.1) is 11.3 Å². The van der Waals surface area contributed by atoms with Crippen molar-refractivity contribution in [1.82, 2.24) is 9.71 Å². The van der Waals surface area contributed by atoms with Gasteiger partial charge in [-0.05, 0) is 43.2 Å². The van der Waals surface area contributed by atoms with Gasteiger partial charge < -0.3 is 4.42 Å². The Bertz CT molecular complexity index is 865. The molecule has 0 spiro atoms. The molecule has 0 saturated heterocycles. The molecule has 2 aromatic heterocycles. The zero-order chi connectivity index (χ0) is 14.9. The van der Waals surface area contributed by atoms with Crippen LogP contribution in [0.5, 0.6) is 0 Å². The Hall–Kier alpha value is -1.70. The van der Waals surface area contributed by atoms with Crippen LogP contribution in [0.3, 0.4) is 0 Å². The summed E-state index contributed by atoms with van der Waals surface area (Å²) in [7, 11) is -3.41. The number of oxazole rings is 1. The van der Waals surface area contributed by atoms with Gasteiger partial charge in [0.15, 0.2) is 12.0 Å². The maximum atomic E-state index is 12.1. The number of fused-ring (bicyclic) bond motifs is 1. The highest BCUT2D eigenvalue weighted by Gasteiger charge is 2.15. The lowest BCUT2D eigenvalue weighted by Crippen LogP contribution is -2.25. The molecule has 0 fully saturated rings. The fourth-order valence-electron chi connectivity index (χ4n) is 2.02. The predicted molar refractivity (Wildman–Crippen MR) is 82.0 cm³/mol. The number of thiophene rings is 1. The van der Waals surface area contributed by atoms with Crippen LogP contribution in [-0.2, 0) is 16.4 Å². The van der Waals surface area contributed by atoms with Crippen LogP contribution in [0, 0.1) is 6.92 Å². The van der Waals surface area contributed by atoms with Crippen molar-refractivity contribution in [3.63, 3.8) is 0 Å².